The lowest BCUT2D eigenvalue weighted by molar-refractivity contribution is -0.141. The summed E-state index contributed by atoms with van der Waals surface area (Å²) >= 11 is 0. The predicted molar refractivity (Wildman–Crippen MR) is 71.0 cm³/mol. The summed E-state index contributed by atoms with van der Waals surface area (Å²) in [5.41, 5.74) is 0. The molecule has 0 saturated carbocycles. The number of nitrogens with one attached hydrogen (secondary N) is 1. The van der Waals surface area contributed by atoms with Gasteiger partial charge in [0.2, 0.25) is 0 Å². The van der Waals surface area contributed by atoms with Crippen molar-refractivity contribution in [3.63, 3.8) is 0 Å². The van der Waals surface area contributed by atoms with Gasteiger partial charge >= 0.3 is 12.0 Å². The maximum atomic E-state index is 12.6. The van der Waals surface area contributed by atoms with Crippen LogP contribution < -0.4 is 5.32 Å². The van der Waals surface area contributed by atoms with Crippen molar-refractivity contribution in [1.29, 1.82) is 0 Å². The van der Waals surface area contributed by atoms with Crippen molar-refractivity contribution in [2.24, 2.45) is 0 Å². The molecular weight excluding hydrogens is 246 g/mol. The molecule has 2 aliphatic rings. The van der Waals surface area contributed by atoms with Gasteiger partial charge in [0, 0.05) is 19.1 Å². The molecule has 6 nitrogen and oxygen atoms in total. The van der Waals surface area contributed by atoms with Crippen LogP contribution in [0.4, 0.5) is 4.79 Å². The van der Waals surface area contributed by atoms with Crippen LogP contribution in [0.2, 0.25) is 0 Å². The number of likely N-dealkylation sites (tertiary alicyclic amines) is 1. The standard InChI is InChI=1S/C13H23N3O3/c1-2-15(10-5-7-14-8-6-10)13(19)16-9-3-4-11(16)12(17)18/h10-11,14H,2-9H2,1H3,(H,17,18)/t11-/m0/s1. The van der Waals surface area contributed by atoms with Gasteiger partial charge < -0.3 is 20.2 Å². The van der Waals surface area contributed by atoms with E-state index in [1.807, 2.05) is 11.8 Å². The van der Waals surface area contributed by atoms with E-state index in [1.165, 1.54) is 4.90 Å². The average Bonchev–Trinajstić information content (AvgIpc) is 2.90. The normalized spacial score (nSPS) is 24.5. The van der Waals surface area contributed by atoms with Gasteiger partial charge in [-0.15, -0.1) is 0 Å². The highest BCUT2D eigenvalue weighted by molar-refractivity contribution is 5.83. The summed E-state index contributed by atoms with van der Waals surface area (Å²) < 4.78 is 0. The Morgan fingerprint density at radius 1 is 1.32 bits per heavy atom. The summed E-state index contributed by atoms with van der Waals surface area (Å²) in [7, 11) is 0. The Labute approximate surface area is 113 Å². The van der Waals surface area contributed by atoms with Gasteiger partial charge in [-0.2, -0.15) is 0 Å². The first-order chi connectivity index (χ1) is 9.15. The second-order valence-electron chi connectivity index (χ2n) is 5.24. The summed E-state index contributed by atoms with van der Waals surface area (Å²) in [6, 6.07) is -0.489. The zero-order valence-corrected chi connectivity index (χ0v) is 11.5. The van der Waals surface area contributed by atoms with Gasteiger partial charge in [0.15, 0.2) is 0 Å². The molecule has 2 heterocycles. The fraction of sp³-hybridized carbons (Fsp3) is 0.846. The highest BCUT2D eigenvalue weighted by atomic mass is 16.4. The van der Waals surface area contributed by atoms with Gasteiger partial charge in [-0.25, -0.2) is 9.59 Å². The molecule has 0 radical (unpaired) electrons. The molecule has 2 amide bonds. The first-order valence-electron chi connectivity index (χ1n) is 7.16. The molecule has 2 saturated heterocycles. The molecule has 2 fully saturated rings. The molecule has 0 aliphatic carbocycles. The second-order valence-corrected chi connectivity index (χ2v) is 5.24. The smallest absolute Gasteiger partial charge is 0.326 e. The zero-order chi connectivity index (χ0) is 13.8. The van der Waals surface area contributed by atoms with E-state index in [0.717, 1.165) is 32.4 Å². The van der Waals surface area contributed by atoms with Crippen molar-refractivity contribution < 1.29 is 14.7 Å². The third kappa shape index (κ3) is 3.00. The van der Waals surface area contributed by atoms with Gasteiger partial charge in [0.05, 0.1) is 0 Å². The largest absolute Gasteiger partial charge is 0.480 e. The first-order valence-corrected chi connectivity index (χ1v) is 7.16. The molecular formula is C13H23N3O3. The van der Waals surface area contributed by atoms with Crippen molar-refractivity contribution >= 4 is 12.0 Å². The Morgan fingerprint density at radius 2 is 2.00 bits per heavy atom. The minimum Gasteiger partial charge on any atom is -0.480 e. The van der Waals surface area contributed by atoms with E-state index in [4.69, 9.17) is 0 Å². The number of carbonyl (C=O) groups is 2. The fourth-order valence-corrected chi connectivity index (χ4v) is 3.09. The summed E-state index contributed by atoms with van der Waals surface area (Å²) in [4.78, 5) is 27.1. The SMILES string of the molecule is CCN(C(=O)N1CCC[C@H]1C(=O)O)C1CCNCC1. The van der Waals surface area contributed by atoms with Crippen LogP contribution in [-0.4, -0.2) is 65.2 Å². The molecule has 19 heavy (non-hydrogen) atoms. The van der Waals surface area contributed by atoms with Gasteiger partial charge in [-0.3, -0.25) is 0 Å². The van der Waals surface area contributed by atoms with Crippen molar-refractivity contribution in [3.8, 4) is 0 Å². The highest BCUT2D eigenvalue weighted by Gasteiger charge is 2.37. The lowest BCUT2D eigenvalue weighted by Gasteiger charge is -2.37. The van der Waals surface area contributed by atoms with Gasteiger partial charge in [0.25, 0.3) is 0 Å². The topological polar surface area (TPSA) is 72.9 Å². The minimum absolute atomic E-state index is 0.0979. The molecule has 108 valence electrons. The molecule has 0 aromatic rings. The number of carbonyl (C=O) groups excluding carboxylic acids is 1. The van der Waals surface area contributed by atoms with Crippen LogP contribution in [0.15, 0.2) is 0 Å². The van der Waals surface area contributed by atoms with E-state index in [9.17, 15) is 14.7 Å². The maximum absolute atomic E-state index is 12.6. The van der Waals surface area contributed by atoms with Crippen molar-refractivity contribution in [2.45, 2.75) is 44.7 Å². The van der Waals surface area contributed by atoms with Gasteiger partial charge in [0.1, 0.15) is 6.04 Å². The number of rotatable bonds is 3. The monoisotopic (exact) mass is 269 g/mol. The number of carboxylic acids is 1. The van der Waals surface area contributed by atoms with Crippen LogP contribution in [0, 0.1) is 0 Å². The van der Waals surface area contributed by atoms with Crippen molar-refractivity contribution in [1.82, 2.24) is 15.1 Å². The van der Waals surface area contributed by atoms with Crippen LogP contribution in [0.25, 0.3) is 0 Å². The van der Waals surface area contributed by atoms with E-state index in [0.29, 0.717) is 19.5 Å². The number of nitrogens with zero attached hydrogens (tertiary/aromatic N) is 2. The molecule has 2 N–H and O–H groups in total. The van der Waals surface area contributed by atoms with E-state index in [-0.39, 0.29) is 12.1 Å². The van der Waals surface area contributed by atoms with Gasteiger partial charge in [-0.1, -0.05) is 0 Å². The molecule has 0 aromatic carbocycles. The highest BCUT2D eigenvalue weighted by Crippen LogP contribution is 2.22. The maximum Gasteiger partial charge on any atom is 0.326 e. The molecule has 2 rings (SSSR count). The lowest BCUT2D eigenvalue weighted by Crippen LogP contribution is -2.53. The zero-order valence-electron chi connectivity index (χ0n) is 11.5. The number of hydrogen-bond donors (Lipinski definition) is 2. The number of hydrogen-bond acceptors (Lipinski definition) is 3. The number of carboxylic acid groups (broad SMARTS) is 1. The third-order valence-corrected chi connectivity index (χ3v) is 4.12. The summed E-state index contributed by atoms with van der Waals surface area (Å²) in [6.07, 6.45) is 3.26. The fourth-order valence-electron chi connectivity index (χ4n) is 3.09. The number of amides is 2. The van der Waals surface area contributed by atoms with E-state index in [1.54, 1.807) is 0 Å². The lowest BCUT2D eigenvalue weighted by atomic mass is 10.1. The number of piperidine rings is 1. The molecule has 6 heteroatoms. The van der Waals surface area contributed by atoms with E-state index >= 15 is 0 Å². The Balaban J connectivity index is 2.05. The van der Waals surface area contributed by atoms with E-state index < -0.39 is 12.0 Å². The Morgan fingerprint density at radius 3 is 2.58 bits per heavy atom. The Kier molecular flexibility index (Phi) is 4.63. The van der Waals surface area contributed by atoms with Gasteiger partial charge in [-0.05, 0) is 45.7 Å². The average molecular weight is 269 g/mol. The van der Waals surface area contributed by atoms with Crippen molar-refractivity contribution in [3.05, 3.63) is 0 Å². The molecule has 0 bridgehead atoms. The molecule has 0 aromatic heterocycles. The number of urea groups is 1. The summed E-state index contributed by atoms with van der Waals surface area (Å²) in [5, 5.41) is 12.5. The molecule has 1 atom stereocenters. The minimum atomic E-state index is -0.882. The summed E-state index contributed by atoms with van der Waals surface area (Å²) in [5.74, 6) is -0.882. The molecule has 0 spiro atoms. The molecule has 2 aliphatic heterocycles. The van der Waals surface area contributed by atoms with Crippen LogP contribution in [0.3, 0.4) is 0 Å². The summed E-state index contributed by atoms with van der Waals surface area (Å²) in [6.45, 7) is 5.03. The quantitative estimate of drug-likeness (QED) is 0.792. The Hall–Kier alpha value is -1.30. The third-order valence-electron chi connectivity index (χ3n) is 4.12. The van der Waals surface area contributed by atoms with Crippen LogP contribution >= 0.6 is 0 Å². The first kappa shape index (κ1) is 14.1. The van der Waals surface area contributed by atoms with Crippen LogP contribution in [0.1, 0.15) is 32.6 Å². The molecule has 0 unspecified atom stereocenters. The van der Waals surface area contributed by atoms with Crippen molar-refractivity contribution in [2.75, 3.05) is 26.2 Å². The predicted octanol–water partition coefficient (Wildman–Crippen LogP) is 0.729. The second kappa shape index (κ2) is 6.23. The van der Waals surface area contributed by atoms with Crippen LogP contribution in [-0.2, 0) is 4.79 Å². The number of aliphatic carboxylic acids is 1. The van der Waals surface area contributed by atoms with E-state index in [2.05, 4.69) is 5.32 Å². The van der Waals surface area contributed by atoms with Crippen LogP contribution in [0.5, 0.6) is 0 Å². The Bertz CT molecular complexity index is 342.